The highest BCUT2D eigenvalue weighted by atomic mass is 16.2. The quantitative estimate of drug-likeness (QED) is 0.628. The molecule has 0 saturated heterocycles. The number of aromatic nitrogens is 2. The summed E-state index contributed by atoms with van der Waals surface area (Å²) >= 11 is 0. The van der Waals surface area contributed by atoms with Crippen LogP contribution in [0.4, 0.5) is 0 Å². The Morgan fingerprint density at radius 2 is 2.04 bits per heavy atom. The highest BCUT2D eigenvalue weighted by molar-refractivity contribution is 5.98. The zero-order chi connectivity index (χ0) is 19.0. The molecule has 1 saturated carbocycles. The lowest BCUT2D eigenvalue weighted by atomic mass is 10.1. The van der Waals surface area contributed by atoms with Crippen molar-refractivity contribution in [2.75, 3.05) is 0 Å². The van der Waals surface area contributed by atoms with Crippen molar-refractivity contribution >= 4 is 22.7 Å². The number of H-pyrrole nitrogens is 1. The molecule has 2 heterocycles. The minimum Gasteiger partial charge on any atom is -0.369 e. The van der Waals surface area contributed by atoms with E-state index in [1.54, 1.807) is 6.07 Å². The minimum absolute atomic E-state index is 0.0977. The van der Waals surface area contributed by atoms with Gasteiger partial charge in [0.15, 0.2) is 0 Å². The van der Waals surface area contributed by atoms with Crippen molar-refractivity contribution in [3.05, 3.63) is 65.1 Å². The van der Waals surface area contributed by atoms with Gasteiger partial charge in [-0.05, 0) is 49.4 Å². The van der Waals surface area contributed by atoms with E-state index in [4.69, 9.17) is 5.73 Å². The number of pyridine rings is 1. The molecule has 0 spiro atoms. The summed E-state index contributed by atoms with van der Waals surface area (Å²) in [5, 5.41) is 4.14. The molecule has 138 valence electrons. The number of aryl methyl sites for hydroxylation is 1. The van der Waals surface area contributed by atoms with E-state index in [2.05, 4.69) is 15.3 Å². The molecule has 2 aromatic heterocycles. The van der Waals surface area contributed by atoms with E-state index in [0.717, 1.165) is 35.0 Å². The number of nitrogens with zero attached hydrogens (tertiary/aromatic N) is 1. The van der Waals surface area contributed by atoms with Crippen molar-refractivity contribution in [2.45, 2.75) is 32.2 Å². The van der Waals surface area contributed by atoms with Gasteiger partial charge in [-0.3, -0.25) is 14.6 Å². The van der Waals surface area contributed by atoms with E-state index in [-0.39, 0.29) is 18.4 Å². The number of fused-ring (bicyclic) bond motifs is 1. The molecule has 6 heteroatoms. The number of hydrogen-bond acceptors (Lipinski definition) is 3. The molecule has 2 amide bonds. The van der Waals surface area contributed by atoms with Gasteiger partial charge in [-0.15, -0.1) is 0 Å². The lowest BCUT2D eigenvalue weighted by Crippen LogP contribution is -2.31. The number of nitrogens with two attached hydrogens (primary N) is 1. The summed E-state index contributed by atoms with van der Waals surface area (Å²) in [6.45, 7) is 2.02. The molecule has 1 aromatic carbocycles. The normalized spacial score (nSPS) is 14.9. The number of carbonyl (C=O) groups is 2. The van der Waals surface area contributed by atoms with Crippen molar-refractivity contribution in [2.24, 2.45) is 11.7 Å². The highest BCUT2D eigenvalue weighted by Gasteiger charge is 2.34. The topological polar surface area (TPSA) is 101 Å². The molecule has 6 nitrogen and oxygen atoms in total. The Bertz CT molecular complexity index is 1020. The zero-order valence-corrected chi connectivity index (χ0v) is 15.2. The standard InChI is InChI=1S/C21H22N4O2/c1-12-4-2-5-14-10-17(24-19(12)14)21(27)25-20(13-8-9-13)16-7-3-6-15(23-16)11-18(22)26/h2-7,10,13,20,24H,8-9,11H2,1H3,(H2,22,26)(H,25,27). The Morgan fingerprint density at radius 3 is 2.74 bits per heavy atom. The van der Waals surface area contributed by atoms with Crippen molar-refractivity contribution in [3.63, 3.8) is 0 Å². The first-order valence-corrected chi connectivity index (χ1v) is 9.14. The first-order chi connectivity index (χ1) is 13.0. The molecule has 1 aliphatic rings. The molecule has 1 aliphatic carbocycles. The van der Waals surface area contributed by atoms with Crippen LogP contribution in [0.15, 0.2) is 42.5 Å². The molecule has 4 rings (SSSR count). The van der Waals surface area contributed by atoms with Gasteiger partial charge in [-0.2, -0.15) is 0 Å². The minimum atomic E-state index is -0.417. The summed E-state index contributed by atoms with van der Waals surface area (Å²) < 4.78 is 0. The number of primary amides is 1. The summed E-state index contributed by atoms with van der Waals surface area (Å²) in [6, 6.07) is 13.2. The summed E-state index contributed by atoms with van der Waals surface area (Å²) in [5.41, 5.74) is 9.30. The van der Waals surface area contributed by atoms with Crippen LogP contribution in [0.5, 0.6) is 0 Å². The van der Waals surface area contributed by atoms with Gasteiger partial charge in [0.2, 0.25) is 5.91 Å². The molecule has 4 N–H and O–H groups in total. The average molecular weight is 362 g/mol. The lowest BCUT2D eigenvalue weighted by molar-refractivity contribution is -0.117. The van der Waals surface area contributed by atoms with E-state index < -0.39 is 5.91 Å². The molecular weight excluding hydrogens is 340 g/mol. The third kappa shape index (κ3) is 3.69. The first kappa shape index (κ1) is 17.3. The van der Waals surface area contributed by atoms with Crippen LogP contribution in [0.1, 0.15) is 46.3 Å². The molecule has 1 unspecified atom stereocenters. The van der Waals surface area contributed by atoms with Gasteiger partial charge in [0, 0.05) is 10.9 Å². The molecular formula is C21H22N4O2. The SMILES string of the molecule is Cc1cccc2cc(C(=O)NC(c3cccc(CC(N)=O)n3)C3CC3)[nH]c12. The van der Waals surface area contributed by atoms with Gasteiger partial charge in [0.1, 0.15) is 5.69 Å². The van der Waals surface area contributed by atoms with E-state index in [1.807, 2.05) is 43.3 Å². The van der Waals surface area contributed by atoms with Crippen LogP contribution < -0.4 is 11.1 Å². The number of aromatic amines is 1. The van der Waals surface area contributed by atoms with Crippen LogP contribution in [-0.4, -0.2) is 21.8 Å². The van der Waals surface area contributed by atoms with E-state index in [0.29, 0.717) is 17.3 Å². The predicted molar refractivity (Wildman–Crippen MR) is 103 cm³/mol. The van der Waals surface area contributed by atoms with E-state index in [9.17, 15) is 9.59 Å². The van der Waals surface area contributed by atoms with Gasteiger partial charge >= 0.3 is 0 Å². The molecule has 0 bridgehead atoms. The second kappa shape index (κ2) is 6.87. The van der Waals surface area contributed by atoms with Crippen molar-refractivity contribution in [3.8, 4) is 0 Å². The molecule has 1 fully saturated rings. The highest BCUT2D eigenvalue weighted by Crippen LogP contribution is 2.40. The number of para-hydroxylation sites is 1. The van der Waals surface area contributed by atoms with E-state index in [1.165, 1.54) is 0 Å². The zero-order valence-electron chi connectivity index (χ0n) is 15.2. The Kier molecular flexibility index (Phi) is 4.39. The van der Waals surface area contributed by atoms with Gasteiger partial charge in [0.05, 0.1) is 23.9 Å². The number of hydrogen-bond donors (Lipinski definition) is 3. The fraction of sp³-hybridized carbons (Fsp3) is 0.286. The number of rotatable bonds is 6. The second-order valence-electron chi connectivity index (χ2n) is 7.21. The Balaban J connectivity index is 1.59. The van der Waals surface area contributed by atoms with Crippen LogP contribution in [0.25, 0.3) is 10.9 Å². The molecule has 27 heavy (non-hydrogen) atoms. The maximum absolute atomic E-state index is 12.9. The fourth-order valence-electron chi connectivity index (χ4n) is 3.46. The van der Waals surface area contributed by atoms with Gasteiger partial charge in [-0.1, -0.05) is 24.3 Å². The Labute approximate surface area is 157 Å². The van der Waals surface area contributed by atoms with E-state index >= 15 is 0 Å². The summed E-state index contributed by atoms with van der Waals surface area (Å²) in [7, 11) is 0. The first-order valence-electron chi connectivity index (χ1n) is 9.14. The van der Waals surface area contributed by atoms with Crippen molar-refractivity contribution < 1.29 is 9.59 Å². The summed E-state index contributed by atoms with van der Waals surface area (Å²) in [4.78, 5) is 31.8. The Morgan fingerprint density at radius 1 is 1.26 bits per heavy atom. The van der Waals surface area contributed by atoms with Crippen LogP contribution in [0.2, 0.25) is 0 Å². The average Bonchev–Trinajstić information content (AvgIpc) is 3.37. The monoisotopic (exact) mass is 362 g/mol. The number of amides is 2. The second-order valence-corrected chi connectivity index (χ2v) is 7.21. The van der Waals surface area contributed by atoms with Crippen LogP contribution in [0.3, 0.4) is 0 Å². The number of carbonyl (C=O) groups excluding carboxylic acids is 2. The van der Waals surface area contributed by atoms with Crippen LogP contribution in [0, 0.1) is 12.8 Å². The molecule has 1 atom stereocenters. The summed E-state index contributed by atoms with van der Waals surface area (Å²) in [6.07, 6.45) is 2.21. The Hall–Kier alpha value is -3.15. The van der Waals surface area contributed by atoms with Gasteiger partial charge in [-0.25, -0.2) is 0 Å². The van der Waals surface area contributed by atoms with Crippen LogP contribution >= 0.6 is 0 Å². The third-order valence-corrected chi connectivity index (χ3v) is 4.99. The molecule has 3 aromatic rings. The maximum atomic E-state index is 12.9. The number of nitrogens with one attached hydrogen (secondary N) is 2. The van der Waals surface area contributed by atoms with Gasteiger partial charge < -0.3 is 16.0 Å². The number of benzene rings is 1. The van der Waals surface area contributed by atoms with Crippen molar-refractivity contribution in [1.82, 2.24) is 15.3 Å². The molecule has 0 aliphatic heterocycles. The maximum Gasteiger partial charge on any atom is 0.268 e. The van der Waals surface area contributed by atoms with Crippen LogP contribution in [-0.2, 0) is 11.2 Å². The molecule has 0 radical (unpaired) electrons. The summed E-state index contributed by atoms with van der Waals surface area (Å²) in [5.74, 6) is -0.193. The lowest BCUT2D eigenvalue weighted by Gasteiger charge is -2.18. The fourth-order valence-corrected chi connectivity index (χ4v) is 3.46. The predicted octanol–water partition coefficient (Wildman–Crippen LogP) is 2.78. The van der Waals surface area contributed by atoms with Crippen molar-refractivity contribution in [1.29, 1.82) is 0 Å². The largest absolute Gasteiger partial charge is 0.369 e. The van der Waals surface area contributed by atoms with Gasteiger partial charge in [0.25, 0.3) is 5.91 Å². The smallest absolute Gasteiger partial charge is 0.268 e. The third-order valence-electron chi connectivity index (χ3n) is 4.99.